The number of hydrogen-bond acceptors (Lipinski definition) is 0. The van der Waals surface area contributed by atoms with Gasteiger partial charge in [-0.15, -0.1) is 0 Å². The Morgan fingerprint density at radius 1 is 0.731 bits per heavy atom. The van der Waals surface area contributed by atoms with Crippen molar-refractivity contribution in [1.29, 1.82) is 0 Å². The first kappa shape index (κ1) is 19.3. The van der Waals surface area contributed by atoms with E-state index in [1.165, 1.54) is 32.1 Å². The van der Waals surface area contributed by atoms with Crippen LogP contribution in [0.1, 0.15) is 118 Å². The average molecular weight is 359 g/mol. The summed E-state index contributed by atoms with van der Waals surface area (Å²) < 4.78 is 0. The third kappa shape index (κ3) is 2.83. The smallest absolute Gasteiger partial charge is 0.0259 e. The van der Waals surface area contributed by atoms with E-state index >= 15 is 0 Å². The van der Waals surface area contributed by atoms with Gasteiger partial charge in [-0.2, -0.15) is 0 Å². The van der Waals surface area contributed by atoms with E-state index < -0.39 is 0 Å². The highest BCUT2D eigenvalue weighted by Crippen LogP contribution is 2.72. The Balaban J connectivity index is 1.54. The van der Waals surface area contributed by atoms with Crippen molar-refractivity contribution < 1.29 is 0 Å². The van der Waals surface area contributed by atoms with Crippen LogP contribution in [0, 0.1) is 45.8 Å². The Hall–Kier alpha value is 0. The van der Waals surface area contributed by atoms with Gasteiger partial charge in [0.1, 0.15) is 0 Å². The molecule has 4 aliphatic rings. The molecule has 0 heteroatoms. The highest BCUT2D eigenvalue weighted by atomic mass is 14.7. The predicted octanol–water partition coefficient (Wildman–Crippen LogP) is 8.25. The molecule has 0 aromatic rings. The normalized spacial score (nSPS) is 51.0. The Morgan fingerprint density at radius 2 is 1.46 bits per heavy atom. The van der Waals surface area contributed by atoms with Gasteiger partial charge in [-0.05, 0) is 104 Å². The largest absolute Gasteiger partial charge is 0.0628 e. The van der Waals surface area contributed by atoms with E-state index in [9.17, 15) is 0 Å². The minimum absolute atomic E-state index is 0.655. The second kappa shape index (κ2) is 6.81. The first-order valence-corrected chi connectivity index (χ1v) is 12.3. The van der Waals surface area contributed by atoms with Gasteiger partial charge in [-0.3, -0.25) is 0 Å². The molecule has 0 saturated heterocycles. The predicted molar refractivity (Wildman–Crippen MR) is 113 cm³/mol. The standard InChI is InChI=1S/C26H46/c1-19(2)9-8-11-20-12-13-22-25(20,4)18-15-23-24(3)16-7-6-10-21(24)14-17-26(22,23)5/h19-23H,6-18H2,1-5H3/t20?,21?,22?,23?,24?,25-,26+/m1/s1. The van der Waals surface area contributed by atoms with Crippen LogP contribution in [-0.4, -0.2) is 0 Å². The molecule has 4 fully saturated rings. The molecule has 4 saturated carbocycles. The van der Waals surface area contributed by atoms with Crippen molar-refractivity contribution in [3.63, 3.8) is 0 Å². The summed E-state index contributed by atoms with van der Waals surface area (Å²) in [7, 11) is 0. The first-order valence-electron chi connectivity index (χ1n) is 12.3. The molecule has 5 unspecified atom stereocenters. The molecule has 7 atom stereocenters. The quantitative estimate of drug-likeness (QED) is 0.474. The number of rotatable bonds is 4. The Morgan fingerprint density at radius 3 is 2.23 bits per heavy atom. The maximum atomic E-state index is 2.77. The SMILES string of the molecule is CC(C)CCCC1CCC2[C@]1(C)CCC1C3(C)CCCCC3CC[C@]12C. The fourth-order valence-corrected chi connectivity index (χ4v) is 9.33. The lowest BCUT2D eigenvalue weighted by Crippen LogP contribution is -2.58. The highest BCUT2D eigenvalue weighted by Gasteiger charge is 2.64. The van der Waals surface area contributed by atoms with Gasteiger partial charge in [0.2, 0.25) is 0 Å². The second-order valence-corrected chi connectivity index (χ2v) is 12.2. The van der Waals surface area contributed by atoms with Crippen molar-refractivity contribution in [1.82, 2.24) is 0 Å². The van der Waals surface area contributed by atoms with Crippen LogP contribution in [0.5, 0.6) is 0 Å². The van der Waals surface area contributed by atoms with Crippen molar-refractivity contribution in [3.8, 4) is 0 Å². The van der Waals surface area contributed by atoms with E-state index in [1.807, 2.05) is 0 Å². The molecular weight excluding hydrogens is 312 g/mol. The molecule has 0 aromatic carbocycles. The summed E-state index contributed by atoms with van der Waals surface area (Å²) in [6.45, 7) is 13.0. The zero-order valence-corrected chi connectivity index (χ0v) is 18.6. The second-order valence-electron chi connectivity index (χ2n) is 12.2. The van der Waals surface area contributed by atoms with E-state index in [4.69, 9.17) is 0 Å². The Bertz CT molecular complexity index is 506. The van der Waals surface area contributed by atoms with Crippen molar-refractivity contribution in [3.05, 3.63) is 0 Å². The van der Waals surface area contributed by atoms with Crippen molar-refractivity contribution in [2.24, 2.45) is 45.8 Å². The summed E-state index contributed by atoms with van der Waals surface area (Å²) in [5.41, 5.74) is 2.00. The average Bonchev–Trinajstić information content (AvgIpc) is 2.92. The van der Waals surface area contributed by atoms with Gasteiger partial charge in [0.25, 0.3) is 0 Å². The van der Waals surface area contributed by atoms with Gasteiger partial charge in [0.05, 0.1) is 0 Å². The molecule has 0 radical (unpaired) electrons. The van der Waals surface area contributed by atoms with Gasteiger partial charge in [-0.1, -0.05) is 60.3 Å². The summed E-state index contributed by atoms with van der Waals surface area (Å²) in [4.78, 5) is 0. The third-order valence-electron chi connectivity index (χ3n) is 10.7. The lowest BCUT2D eigenvalue weighted by Gasteiger charge is -2.65. The van der Waals surface area contributed by atoms with Crippen molar-refractivity contribution in [2.75, 3.05) is 0 Å². The van der Waals surface area contributed by atoms with Crippen LogP contribution in [0.3, 0.4) is 0 Å². The van der Waals surface area contributed by atoms with Crippen LogP contribution in [0.2, 0.25) is 0 Å². The van der Waals surface area contributed by atoms with Crippen LogP contribution in [0.4, 0.5) is 0 Å². The molecule has 4 aliphatic carbocycles. The molecule has 4 rings (SSSR count). The van der Waals surface area contributed by atoms with Crippen LogP contribution < -0.4 is 0 Å². The summed E-state index contributed by atoms with van der Waals surface area (Å²) in [5.74, 6) is 5.02. The molecule has 0 N–H and O–H groups in total. The molecule has 0 amide bonds. The van der Waals surface area contributed by atoms with E-state index in [1.54, 1.807) is 51.4 Å². The molecule has 150 valence electrons. The minimum atomic E-state index is 0.655. The first-order chi connectivity index (χ1) is 12.3. The van der Waals surface area contributed by atoms with E-state index in [2.05, 4.69) is 34.6 Å². The molecule has 26 heavy (non-hydrogen) atoms. The zero-order valence-electron chi connectivity index (χ0n) is 18.6. The van der Waals surface area contributed by atoms with Crippen LogP contribution in [0.15, 0.2) is 0 Å². The number of hydrogen-bond donors (Lipinski definition) is 0. The summed E-state index contributed by atoms with van der Waals surface area (Å²) >= 11 is 0. The van der Waals surface area contributed by atoms with Crippen molar-refractivity contribution >= 4 is 0 Å². The molecule has 0 nitrogen and oxygen atoms in total. The topological polar surface area (TPSA) is 0 Å². The summed E-state index contributed by atoms with van der Waals surface area (Å²) in [6, 6.07) is 0. The summed E-state index contributed by atoms with van der Waals surface area (Å²) in [5, 5.41) is 0. The van der Waals surface area contributed by atoms with E-state index in [0.29, 0.717) is 16.2 Å². The van der Waals surface area contributed by atoms with Crippen LogP contribution >= 0.6 is 0 Å². The third-order valence-corrected chi connectivity index (χ3v) is 10.7. The Labute approximate surface area is 164 Å². The van der Waals surface area contributed by atoms with Gasteiger partial charge in [0, 0.05) is 0 Å². The maximum absolute atomic E-state index is 2.77. The fourth-order valence-electron chi connectivity index (χ4n) is 9.33. The lowest BCUT2D eigenvalue weighted by molar-refractivity contribution is -0.164. The molecule has 0 heterocycles. The minimum Gasteiger partial charge on any atom is -0.0628 e. The molecule has 0 aliphatic heterocycles. The lowest BCUT2D eigenvalue weighted by atomic mass is 9.39. The van der Waals surface area contributed by atoms with Crippen LogP contribution in [-0.2, 0) is 0 Å². The fraction of sp³-hybridized carbons (Fsp3) is 1.00. The Kier molecular flexibility index (Phi) is 5.06. The molecule has 0 aromatic heterocycles. The molecular formula is C26H46. The van der Waals surface area contributed by atoms with Gasteiger partial charge in [-0.25, -0.2) is 0 Å². The van der Waals surface area contributed by atoms with Gasteiger partial charge in [0.15, 0.2) is 0 Å². The highest BCUT2D eigenvalue weighted by molar-refractivity contribution is 5.13. The van der Waals surface area contributed by atoms with Crippen molar-refractivity contribution in [2.45, 2.75) is 118 Å². The van der Waals surface area contributed by atoms with E-state index in [0.717, 1.165) is 29.6 Å². The zero-order chi connectivity index (χ0) is 18.6. The maximum Gasteiger partial charge on any atom is -0.0259 e. The van der Waals surface area contributed by atoms with Gasteiger partial charge >= 0.3 is 0 Å². The monoisotopic (exact) mass is 358 g/mol. The summed E-state index contributed by atoms with van der Waals surface area (Å²) in [6.07, 6.45) is 19.9. The number of fused-ring (bicyclic) bond motifs is 5. The molecule has 0 bridgehead atoms. The molecule has 0 spiro atoms. The van der Waals surface area contributed by atoms with E-state index in [-0.39, 0.29) is 0 Å². The van der Waals surface area contributed by atoms with Gasteiger partial charge < -0.3 is 0 Å². The van der Waals surface area contributed by atoms with Crippen LogP contribution in [0.25, 0.3) is 0 Å².